The van der Waals surface area contributed by atoms with Gasteiger partial charge in [-0.05, 0) is 42.5 Å². The standard InChI is InChI=1S/C15H14FNO4/c16-10-3-4-12-9(6-10)7-13(21-15(12)19)14(18)17-8-11-2-1-5-20-11/h3-4,6-7,11H,1-2,5,8H2,(H,17,18). The molecule has 1 unspecified atom stereocenters. The molecular weight excluding hydrogens is 277 g/mol. The van der Waals surface area contributed by atoms with Crippen LogP contribution in [-0.4, -0.2) is 25.2 Å². The maximum atomic E-state index is 13.2. The minimum Gasteiger partial charge on any atom is -0.417 e. The van der Waals surface area contributed by atoms with E-state index >= 15 is 0 Å². The molecule has 1 atom stereocenters. The predicted octanol–water partition coefficient (Wildman–Crippen LogP) is 1.84. The van der Waals surface area contributed by atoms with Crippen molar-refractivity contribution < 1.29 is 18.3 Å². The van der Waals surface area contributed by atoms with Crippen LogP contribution >= 0.6 is 0 Å². The summed E-state index contributed by atoms with van der Waals surface area (Å²) in [7, 11) is 0. The average molecular weight is 291 g/mol. The minimum absolute atomic E-state index is 0.00132. The smallest absolute Gasteiger partial charge is 0.344 e. The molecule has 1 aliphatic heterocycles. The molecule has 1 fully saturated rings. The first-order chi connectivity index (χ1) is 10.1. The lowest BCUT2D eigenvalue weighted by atomic mass is 10.1. The summed E-state index contributed by atoms with van der Waals surface area (Å²) in [4.78, 5) is 23.8. The van der Waals surface area contributed by atoms with Crippen LogP contribution in [0.15, 0.2) is 33.5 Å². The first kappa shape index (κ1) is 13.8. The lowest BCUT2D eigenvalue weighted by molar-refractivity contribution is 0.0832. The van der Waals surface area contributed by atoms with Gasteiger partial charge < -0.3 is 14.5 Å². The Kier molecular flexibility index (Phi) is 3.70. The normalized spacial score (nSPS) is 18.0. The van der Waals surface area contributed by atoms with Crippen LogP contribution in [0.5, 0.6) is 0 Å². The molecule has 0 spiro atoms. The van der Waals surface area contributed by atoms with Crippen molar-refractivity contribution in [3.8, 4) is 0 Å². The molecule has 3 rings (SSSR count). The van der Waals surface area contributed by atoms with Crippen molar-refractivity contribution in [2.75, 3.05) is 13.2 Å². The summed E-state index contributed by atoms with van der Waals surface area (Å²) in [6.07, 6.45) is 1.87. The number of nitrogens with one attached hydrogen (secondary N) is 1. The van der Waals surface area contributed by atoms with Gasteiger partial charge in [-0.1, -0.05) is 0 Å². The van der Waals surface area contributed by atoms with Crippen LogP contribution in [0.4, 0.5) is 4.39 Å². The fourth-order valence-electron chi connectivity index (χ4n) is 2.38. The number of hydrogen-bond acceptors (Lipinski definition) is 4. The molecule has 5 nitrogen and oxygen atoms in total. The van der Waals surface area contributed by atoms with E-state index in [4.69, 9.17) is 9.15 Å². The Morgan fingerprint density at radius 3 is 3.00 bits per heavy atom. The Balaban J connectivity index is 1.82. The molecule has 0 saturated carbocycles. The van der Waals surface area contributed by atoms with E-state index in [2.05, 4.69) is 5.32 Å². The van der Waals surface area contributed by atoms with Gasteiger partial charge >= 0.3 is 5.63 Å². The first-order valence-electron chi connectivity index (χ1n) is 6.77. The van der Waals surface area contributed by atoms with Crippen LogP contribution in [0.25, 0.3) is 10.8 Å². The van der Waals surface area contributed by atoms with Gasteiger partial charge in [0.1, 0.15) is 5.82 Å². The lowest BCUT2D eigenvalue weighted by Gasteiger charge is -2.10. The van der Waals surface area contributed by atoms with Gasteiger partial charge in [0.15, 0.2) is 5.76 Å². The van der Waals surface area contributed by atoms with Crippen molar-refractivity contribution >= 4 is 16.7 Å². The summed E-state index contributed by atoms with van der Waals surface area (Å²) < 4.78 is 23.6. The number of hydrogen-bond donors (Lipinski definition) is 1. The molecule has 2 aromatic rings. The van der Waals surface area contributed by atoms with E-state index in [0.717, 1.165) is 12.8 Å². The first-order valence-corrected chi connectivity index (χ1v) is 6.77. The predicted molar refractivity (Wildman–Crippen MR) is 73.7 cm³/mol. The third kappa shape index (κ3) is 2.95. The highest BCUT2D eigenvalue weighted by atomic mass is 19.1. The topological polar surface area (TPSA) is 68.5 Å². The average Bonchev–Trinajstić information content (AvgIpc) is 2.97. The number of ether oxygens (including phenoxy) is 1. The van der Waals surface area contributed by atoms with Crippen LogP contribution < -0.4 is 10.9 Å². The van der Waals surface area contributed by atoms with Crippen LogP contribution in [-0.2, 0) is 4.74 Å². The summed E-state index contributed by atoms with van der Waals surface area (Å²) in [5.74, 6) is -1.11. The summed E-state index contributed by atoms with van der Waals surface area (Å²) >= 11 is 0. The maximum Gasteiger partial charge on any atom is 0.344 e. The van der Waals surface area contributed by atoms with Crippen molar-refractivity contribution in [3.63, 3.8) is 0 Å². The van der Waals surface area contributed by atoms with Crippen molar-refractivity contribution in [2.24, 2.45) is 0 Å². The van der Waals surface area contributed by atoms with Crippen LogP contribution in [0, 0.1) is 5.82 Å². The second kappa shape index (κ2) is 5.65. The number of carbonyl (C=O) groups is 1. The van der Waals surface area contributed by atoms with Crippen molar-refractivity contribution in [1.82, 2.24) is 5.32 Å². The zero-order valence-corrected chi connectivity index (χ0v) is 11.2. The molecule has 0 radical (unpaired) electrons. The van der Waals surface area contributed by atoms with Crippen LogP contribution in [0.2, 0.25) is 0 Å². The highest BCUT2D eigenvalue weighted by Gasteiger charge is 2.18. The van der Waals surface area contributed by atoms with Gasteiger partial charge in [-0.25, -0.2) is 9.18 Å². The van der Waals surface area contributed by atoms with E-state index in [0.29, 0.717) is 18.5 Å². The maximum absolute atomic E-state index is 13.2. The SMILES string of the molecule is O=C(NCC1CCCO1)c1cc2cc(F)ccc2c(=O)o1. The zero-order valence-electron chi connectivity index (χ0n) is 11.2. The van der Waals surface area contributed by atoms with E-state index in [1.165, 1.54) is 24.3 Å². The quantitative estimate of drug-likeness (QED) is 0.937. The molecule has 0 bridgehead atoms. The molecular formula is C15H14FNO4. The van der Waals surface area contributed by atoms with Gasteiger partial charge in [-0.15, -0.1) is 0 Å². The Morgan fingerprint density at radius 2 is 2.24 bits per heavy atom. The fraction of sp³-hybridized carbons (Fsp3) is 0.333. The van der Waals surface area contributed by atoms with Gasteiger partial charge in [0, 0.05) is 13.2 Å². The summed E-state index contributed by atoms with van der Waals surface area (Å²) in [5, 5.41) is 3.24. The van der Waals surface area contributed by atoms with Gasteiger partial charge in [0.25, 0.3) is 5.91 Å². The lowest BCUT2D eigenvalue weighted by Crippen LogP contribution is -2.32. The Hall–Kier alpha value is -2.21. The molecule has 0 aliphatic carbocycles. The molecule has 1 N–H and O–H groups in total. The zero-order chi connectivity index (χ0) is 14.8. The summed E-state index contributed by atoms with van der Waals surface area (Å²) in [6.45, 7) is 1.06. The minimum atomic E-state index is -0.658. The molecule has 6 heteroatoms. The molecule has 1 saturated heterocycles. The highest BCUT2D eigenvalue weighted by Crippen LogP contribution is 2.14. The van der Waals surface area contributed by atoms with E-state index in [9.17, 15) is 14.0 Å². The number of rotatable bonds is 3. The molecule has 1 aliphatic rings. The van der Waals surface area contributed by atoms with Crippen LogP contribution in [0.3, 0.4) is 0 Å². The molecule has 1 aromatic heterocycles. The number of fused-ring (bicyclic) bond motifs is 1. The Bertz CT molecular complexity index is 734. The van der Waals surface area contributed by atoms with E-state index in [1.807, 2.05) is 0 Å². The van der Waals surface area contributed by atoms with E-state index in [1.54, 1.807) is 0 Å². The van der Waals surface area contributed by atoms with Crippen molar-refractivity contribution in [3.05, 3.63) is 46.3 Å². The molecule has 2 heterocycles. The molecule has 1 amide bonds. The second-order valence-electron chi connectivity index (χ2n) is 4.97. The summed E-state index contributed by atoms with van der Waals surface area (Å²) in [5.41, 5.74) is -0.658. The highest BCUT2D eigenvalue weighted by molar-refractivity contribution is 5.95. The summed E-state index contributed by atoms with van der Waals surface area (Å²) in [6, 6.07) is 5.08. The Labute approximate surface area is 119 Å². The fourth-order valence-corrected chi connectivity index (χ4v) is 2.38. The van der Waals surface area contributed by atoms with Gasteiger partial charge in [0.2, 0.25) is 0 Å². The molecule has 110 valence electrons. The van der Waals surface area contributed by atoms with Crippen molar-refractivity contribution in [1.29, 1.82) is 0 Å². The number of amides is 1. The third-order valence-corrected chi connectivity index (χ3v) is 3.46. The van der Waals surface area contributed by atoms with Gasteiger partial charge in [-0.2, -0.15) is 0 Å². The molecule has 1 aromatic carbocycles. The monoisotopic (exact) mass is 291 g/mol. The van der Waals surface area contributed by atoms with Crippen molar-refractivity contribution in [2.45, 2.75) is 18.9 Å². The third-order valence-electron chi connectivity index (χ3n) is 3.46. The largest absolute Gasteiger partial charge is 0.417 e. The number of carbonyl (C=O) groups excluding carboxylic acids is 1. The van der Waals surface area contributed by atoms with Gasteiger partial charge in [0.05, 0.1) is 11.5 Å². The van der Waals surface area contributed by atoms with E-state index in [-0.39, 0.29) is 17.3 Å². The second-order valence-corrected chi connectivity index (χ2v) is 4.97. The molecule has 21 heavy (non-hydrogen) atoms. The van der Waals surface area contributed by atoms with E-state index < -0.39 is 17.3 Å². The van der Waals surface area contributed by atoms with Crippen LogP contribution in [0.1, 0.15) is 23.4 Å². The Morgan fingerprint density at radius 1 is 1.38 bits per heavy atom. The number of benzene rings is 1. The number of halogens is 1. The van der Waals surface area contributed by atoms with Gasteiger partial charge in [-0.3, -0.25) is 4.79 Å².